The summed E-state index contributed by atoms with van der Waals surface area (Å²) in [5.41, 5.74) is 2.06. The number of aromatic amines is 1. The molecule has 0 bridgehead atoms. The summed E-state index contributed by atoms with van der Waals surface area (Å²) < 4.78 is 3.75. The normalized spacial score (nSPS) is 10.9. The second-order valence-electron chi connectivity index (χ2n) is 2.69. The third kappa shape index (κ3) is 1.32. The Labute approximate surface area is 88.9 Å². The minimum atomic E-state index is 0.742. The number of aryl methyl sites for hydroxylation is 1. The van der Waals surface area contributed by atoms with E-state index in [2.05, 4.69) is 32.8 Å². The van der Waals surface area contributed by atoms with E-state index in [0.717, 1.165) is 26.8 Å². The minimum absolute atomic E-state index is 0.742. The maximum Gasteiger partial charge on any atom is 0.178 e. The fourth-order valence-corrected chi connectivity index (χ4v) is 2.26. The Hall–Kier alpha value is -0.680. The average Bonchev–Trinajstić information content (AvgIpc) is 2.42. The highest BCUT2D eigenvalue weighted by Gasteiger charge is 2.05. The molecule has 0 aromatic carbocycles. The zero-order chi connectivity index (χ0) is 9.42. The van der Waals surface area contributed by atoms with Gasteiger partial charge in [-0.3, -0.25) is 4.98 Å². The van der Waals surface area contributed by atoms with E-state index in [4.69, 9.17) is 12.2 Å². The van der Waals surface area contributed by atoms with Gasteiger partial charge in [0.05, 0.1) is 21.7 Å². The van der Waals surface area contributed by atoms with Gasteiger partial charge in [0.2, 0.25) is 0 Å². The first-order valence-corrected chi connectivity index (χ1v) is 5.16. The summed E-state index contributed by atoms with van der Waals surface area (Å²) in [5, 5.41) is 0. The SMILES string of the molecule is CCn1c(=S)[nH]c2cncc(Br)c21. The second-order valence-corrected chi connectivity index (χ2v) is 3.93. The third-order valence-corrected chi connectivity index (χ3v) is 2.85. The molecule has 0 radical (unpaired) electrons. The predicted molar refractivity (Wildman–Crippen MR) is 58.3 cm³/mol. The summed E-state index contributed by atoms with van der Waals surface area (Å²) in [7, 11) is 0. The highest BCUT2D eigenvalue weighted by Crippen LogP contribution is 2.22. The third-order valence-electron chi connectivity index (χ3n) is 1.95. The molecular weight excluding hydrogens is 250 g/mol. The topological polar surface area (TPSA) is 33.6 Å². The summed E-state index contributed by atoms with van der Waals surface area (Å²) in [6, 6.07) is 0. The molecular formula is C8H8BrN3S. The Bertz CT molecular complexity index is 500. The zero-order valence-corrected chi connectivity index (χ0v) is 9.44. The first-order valence-electron chi connectivity index (χ1n) is 3.96. The molecule has 0 unspecified atom stereocenters. The molecule has 0 spiro atoms. The van der Waals surface area contributed by atoms with Crippen LogP contribution in [0.5, 0.6) is 0 Å². The molecule has 2 aromatic heterocycles. The van der Waals surface area contributed by atoms with Crippen LogP contribution in [0.3, 0.4) is 0 Å². The van der Waals surface area contributed by atoms with Gasteiger partial charge in [-0.05, 0) is 35.1 Å². The molecule has 0 aliphatic heterocycles. The van der Waals surface area contributed by atoms with E-state index >= 15 is 0 Å². The van der Waals surface area contributed by atoms with Crippen molar-refractivity contribution < 1.29 is 0 Å². The molecule has 1 N–H and O–H groups in total. The lowest BCUT2D eigenvalue weighted by atomic mass is 10.4. The van der Waals surface area contributed by atoms with Crippen molar-refractivity contribution in [2.75, 3.05) is 0 Å². The van der Waals surface area contributed by atoms with Crippen LogP contribution in [0.25, 0.3) is 11.0 Å². The number of halogens is 1. The lowest BCUT2D eigenvalue weighted by Gasteiger charge is -1.99. The first kappa shape index (κ1) is 8.90. The standard InChI is InChI=1S/C8H8BrN3S/c1-2-12-7-5(9)3-10-4-6(7)11-8(12)13/h3-4H,2H2,1H3,(H,11,13). The molecule has 5 heteroatoms. The molecule has 0 amide bonds. The quantitative estimate of drug-likeness (QED) is 0.798. The fourth-order valence-electron chi connectivity index (χ4n) is 1.38. The van der Waals surface area contributed by atoms with Crippen molar-refractivity contribution in [2.45, 2.75) is 13.5 Å². The van der Waals surface area contributed by atoms with E-state index in [1.54, 1.807) is 12.4 Å². The van der Waals surface area contributed by atoms with Crippen molar-refractivity contribution in [2.24, 2.45) is 0 Å². The van der Waals surface area contributed by atoms with Crippen LogP contribution in [0.4, 0.5) is 0 Å². The Morgan fingerprint density at radius 3 is 3.08 bits per heavy atom. The number of fused-ring (bicyclic) bond motifs is 1. The molecule has 0 fully saturated rings. The van der Waals surface area contributed by atoms with E-state index in [1.807, 2.05) is 4.57 Å². The number of pyridine rings is 1. The maximum atomic E-state index is 5.17. The summed E-state index contributed by atoms with van der Waals surface area (Å²) in [6.45, 7) is 2.93. The molecule has 13 heavy (non-hydrogen) atoms. The lowest BCUT2D eigenvalue weighted by molar-refractivity contribution is 0.773. The van der Waals surface area contributed by atoms with Gasteiger partial charge in [-0.15, -0.1) is 0 Å². The highest BCUT2D eigenvalue weighted by molar-refractivity contribution is 9.10. The van der Waals surface area contributed by atoms with Gasteiger partial charge in [0.1, 0.15) is 0 Å². The molecule has 0 atom stereocenters. The molecule has 0 saturated carbocycles. The van der Waals surface area contributed by atoms with Crippen LogP contribution in [0, 0.1) is 4.77 Å². The van der Waals surface area contributed by atoms with Crippen molar-refractivity contribution in [3.63, 3.8) is 0 Å². The van der Waals surface area contributed by atoms with Gasteiger partial charge in [-0.1, -0.05) is 0 Å². The average molecular weight is 258 g/mol. The van der Waals surface area contributed by atoms with Crippen LogP contribution in [0.2, 0.25) is 0 Å². The summed E-state index contributed by atoms with van der Waals surface area (Å²) in [5.74, 6) is 0. The van der Waals surface area contributed by atoms with Crippen LogP contribution >= 0.6 is 28.1 Å². The van der Waals surface area contributed by atoms with Gasteiger partial charge < -0.3 is 9.55 Å². The van der Waals surface area contributed by atoms with Crippen molar-refractivity contribution in [1.82, 2.24) is 14.5 Å². The smallest absolute Gasteiger partial charge is 0.178 e. The van der Waals surface area contributed by atoms with Gasteiger partial charge in [0, 0.05) is 12.7 Å². The number of aromatic nitrogens is 3. The Morgan fingerprint density at radius 2 is 2.38 bits per heavy atom. The summed E-state index contributed by atoms with van der Waals surface area (Å²) in [6.07, 6.45) is 3.55. The van der Waals surface area contributed by atoms with E-state index in [-0.39, 0.29) is 0 Å². The van der Waals surface area contributed by atoms with Crippen molar-refractivity contribution in [3.8, 4) is 0 Å². The highest BCUT2D eigenvalue weighted by atomic mass is 79.9. The monoisotopic (exact) mass is 257 g/mol. The van der Waals surface area contributed by atoms with Crippen LogP contribution in [-0.4, -0.2) is 14.5 Å². The number of rotatable bonds is 1. The van der Waals surface area contributed by atoms with Gasteiger partial charge in [0.15, 0.2) is 4.77 Å². The Balaban J connectivity index is 2.96. The molecule has 0 aliphatic carbocycles. The lowest BCUT2D eigenvalue weighted by Crippen LogP contribution is -1.93. The van der Waals surface area contributed by atoms with Crippen LogP contribution in [0.15, 0.2) is 16.9 Å². The van der Waals surface area contributed by atoms with Crippen molar-refractivity contribution in [3.05, 3.63) is 21.6 Å². The minimum Gasteiger partial charge on any atom is -0.329 e. The second kappa shape index (κ2) is 3.23. The van der Waals surface area contributed by atoms with Crippen LogP contribution in [0.1, 0.15) is 6.92 Å². The zero-order valence-electron chi connectivity index (χ0n) is 7.04. The molecule has 2 rings (SSSR count). The maximum absolute atomic E-state index is 5.17. The molecule has 68 valence electrons. The van der Waals surface area contributed by atoms with Crippen LogP contribution in [-0.2, 0) is 6.54 Å². The molecule has 0 saturated heterocycles. The number of hydrogen-bond donors (Lipinski definition) is 1. The Kier molecular flexibility index (Phi) is 2.21. The number of imidazole rings is 1. The number of nitrogens with one attached hydrogen (secondary N) is 1. The van der Waals surface area contributed by atoms with Gasteiger partial charge >= 0.3 is 0 Å². The molecule has 0 aliphatic rings. The van der Waals surface area contributed by atoms with Gasteiger partial charge in [-0.25, -0.2) is 0 Å². The number of nitrogens with zero attached hydrogens (tertiary/aromatic N) is 2. The number of H-pyrrole nitrogens is 1. The van der Waals surface area contributed by atoms with E-state index in [0.29, 0.717) is 0 Å². The van der Waals surface area contributed by atoms with Crippen molar-refractivity contribution in [1.29, 1.82) is 0 Å². The van der Waals surface area contributed by atoms with Crippen molar-refractivity contribution >= 4 is 39.2 Å². The van der Waals surface area contributed by atoms with E-state index in [1.165, 1.54) is 0 Å². The largest absolute Gasteiger partial charge is 0.329 e. The predicted octanol–water partition coefficient (Wildman–Crippen LogP) is 2.88. The fraction of sp³-hybridized carbons (Fsp3) is 0.250. The molecule has 2 heterocycles. The molecule has 3 nitrogen and oxygen atoms in total. The van der Waals surface area contributed by atoms with Gasteiger partial charge in [0.25, 0.3) is 0 Å². The van der Waals surface area contributed by atoms with Gasteiger partial charge in [-0.2, -0.15) is 0 Å². The van der Waals surface area contributed by atoms with E-state index in [9.17, 15) is 0 Å². The summed E-state index contributed by atoms with van der Waals surface area (Å²) in [4.78, 5) is 7.17. The number of hydrogen-bond acceptors (Lipinski definition) is 2. The van der Waals surface area contributed by atoms with E-state index < -0.39 is 0 Å². The van der Waals surface area contributed by atoms with Crippen LogP contribution < -0.4 is 0 Å². The molecule has 2 aromatic rings. The first-order chi connectivity index (χ1) is 6.24. The Morgan fingerprint density at radius 1 is 1.62 bits per heavy atom. The summed E-state index contributed by atoms with van der Waals surface area (Å²) >= 11 is 8.62.